The standard InChI is InChI=1S/C14H20N4O2S/c1-8-6-9(2)11(10(3)7-8)18-13(15)12(21(5,19)20)14(16-4)17-18/h6-7H,15H2,1-5H3,(H,16,17). The summed E-state index contributed by atoms with van der Waals surface area (Å²) in [5, 5.41) is 7.11. The lowest BCUT2D eigenvalue weighted by atomic mass is 10.1. The molecule has 21 heavy (non-hydrogen) atoms. The van der Waals surface area contributed by atoms with Gasteiger partial charge >= 0.3 is 0 Å². The number of sulfone groups is 1. The molecule has 0 bridgehead atoms. The number of rotatable bonds is 3. The first-order valence-electron chi connectivity index (χ1n) is 6.51. The van der Waals surface area contributed by atoms with Gasteiger partial charge in [0.15, 0.2) is 20.6 Å². The lowest BCUT2D eigenvalue weighted by Crippen LogP contribution is -2.08. The molecule has 0 saturated heterocycles. The van der Waals surface area contributed by atoms with Crippen molar-refractivity contribution in [1.29, 1.82) is 0 Å². The van der Waals surface area contributed by atoms with Crippen LogP contribution in [0.25, 0.3) is 5.69 Å². The number of hydrogen-bond donors (Lipinski definition) is 2. The zero-order valence-corrected chi connectivity index (χ0v) is 13.7. The number of anilines is 2. The lowest BCUT2D eigenvalue weighted by Gasteiger charge is -2.12. The molecule has 1 heterocycles. The molecule has 2 aromatic rings. The summed E-state index contributed by atoms with van der Waals surface area (Å²) in [6.45, 7) is 5.92. The van der Waals surface area contributed by atoms with Crippen LogP contribution in [-0.2, 0) is 9.84 Å². The smallest absolute Gasteiger partial charge is 0.182 e. The molecule has 114 valence electrons. The molecule has 0 atom stereocenters. The van der Waals surface area contributed by atoms with Crippen molar-refractivity contribution < 1.29 is 8.42 Å². The molecule has 0 aliphatic rings. The van der Waals surface area contributed by atoms with Crippen LogP contribution in [0.1, 0.15) is 16.7 Å². The molecule has 0 aliphatic carbocycles. The maximum absolute atomic E-state index is 11.9. The summed E-state index contributed by atoms with van der Waals surface area (Å²) in [6, 6.07) is 4.03. The van der Waals surface area contributed by atoms with E-state index in [-0.39, 0.29) is 16.5 Å². The second-order valence-corrected chi connectivity index (χ2v) is 7.20. The zero-order chi connectivity index (χ0) is 15.9. The molecule has 0 amide bonds. The maximum atomic E-state index is 11.9. The zero-order valence-electron chi connectivity index (χ0n) is 12.9. The third-order valence-corrected chi connectivity index (χ3v) is 4.47. The summed E-state index contributed by atoms with van der Waals surface area (Å²) in [5.74, 6) is 0.381. The summed E-state index contributed by atoms with van der Waals surface area (Å²) in [6.07, 6.45) is 1.13. The highest BCUT2D eigenvalue weighted by Crippen LogP contribution is 2.31. The molecule has 0 spiro atoms. The van der Waals surface area contributed by atoms with Crippen LogP contribution in [-0.4, -0.2) is 31.5 Å². The van der Waals surface area contributed by atoms with E-state index in [0.29, 0.717) is 0 Å². The molecule has 7 heteroatoms. The highest BCUT2D eigenvalue weighted by atomic mass is 32.2. The Balaban J connectivity index is 2.82. The van der Waals surface area contributed by atoms with E-state index in [1.807, 2.05) is 32.9 Å². The van der Waals surface area contributed by atoms with Gasteiger partial charge in [-0.05, 0) is 31.9 Å². The van der Waals surface area contributed by atoms with E-state index in [9.17, 15) is 8.42 Å². The Hall–Kier alpha value is -2.02. The summed E-state index contributed by atoms with van der Waals surface area (Å²) < 4.78 is 25.3. The van der Waals surface area contributed by atoms with Crippen LogP contribution in [0.2, 0.25) is 0 Å². The maximum Gasteiger partial charge on any atom is 0.182 e. The highest BCUT2D eigenvalue weighted by molar-refractivity contribution is 7.91. The van der Waals surface area contributed by atoms with Gasteiger partial charge < -0.3 is 11.1 Å². The highest BCUT2D eigenvalue weighted by Gasteiger charge is 2.25. The van der Waals surface area contributed by atoms with Crippen molar-refractivity contribution in [2.24, 2.45) is 0 Å². The number of aromatic nitrogens is 2. The number of nitrogens with two attached hydrogens (primary N) is 1. The second kappa shape index (κ2) is 5.07. The Bertz CT molecular complexity index is 784. The lowest BCUT2D eigenvalue weighted by molar-refractivity contribution is 0.602. The first-order valence-corrected chi connectivity index (χ1v) is 8.40. The van der Waals surface area contributed by atoms with Gasteiger partial charge in [-0.25, -0.2) is 13.1 Å². The number of nitrogen functional groups attached to an aromatic ring is 1. The molecule has 0 radical (unpaired) electrons. The molecule has 1 aromatic heterocycles. The summed E-state index contributed by atoms with van der Waals surface area (Å²) in [4.78, 5) is 0.0318. The molecule has 6 nitrogen and oxygen atoms in total. The fourth-order valence-electron chi connectivity index (χ4n) is 2.62. The number of benzene rings is 1. The molecular weight excluding hydrogens is 288 g/mol. The fourth-order valence-corrected chi connectivity index (χ4v) is 3.58. The van der Waals surface area contributed by atoms with Gasteiger partial charge in [-0.3, -0.25) is 0 Å². The van der Waals surface area contributed by atoms with Crippen LogP contribution < -0.4 is 11.1 Å². The molecule has 0 unspecified atom stereocenters. The van der Waals surface area contributed by atoms with Crippen molar-refractivity contribution in [3.63, 3.8) is 0 Å². The molecule has 0 fully saturated rings. The van der Waals surface area contributed by atoms with Crippen molar-refractivity contribution in [1.82, 2.24) is 9.78 Å². The van der Waals surface area contributed by atoms with Gasteiger partial charge in [-0.15, -0.1) is 5.10 Å². The molecule has 1 aromatic carbocycles. The predicted molar refractivity (Wildman–Crippen MR) is 84.8 cm³/mol. The van der Waals surface area contributed by atoms with Crippen LogP contribution in [0.4, 0.5) is 11.6 Å². The summed E-state index contributed by atoms with van der Waals surface area (Å²) in [7, 11) is -1.85. The summed E-state index contributed by atoms with van der Waals surface area (Å²) >= 11 is 0. The SMILES string of the molecule is CNc1nn(-c2c(C)cc(C)cc2C)c(N)c1S(C)(=O)=O. The van der Waals surface area contributed by atoms with Crippen molar-refractivity contribution in [3.8, 4) is 5.69 Å². The van der Waals surface area contributed by atoms with Gasteiger partial charge in [-0.1, -0.05) is 17.7 Å². The van der Waals surface area contributed by atoms with Gasteiger partial charge in [0, 0.05) is 13.3 Å². The van der Waals surface area contributed by atoms with E-state index in [0.717, 1.165) is 28.6 Å². The van der Waals surface area contributed by atoms with Gasteiger partial charge in [0.05, 0.1) is 5.69 Å². The van der Waals surface area contributed by atoms with E-state index in [1.54, 1.807) is 7.05 Å². The molecule has 0 saturated carbocycles. The van der Waals surface area contributed by atoms with Gasteiger partial charge in [0.1, 0.15) is 5.82 Å². The average Bonchev–Trinajstić information content (AvgIpc) is 2.65. The molecule has 2 rings (SSSR count). The monoisotopic (exact) mass is 308 g/mol. The fraction of sp³-hybridized carbons (Fsp3) is 0.357. The Morgan fingerprint density at radius 1 is 1.19 bits per heavy atom. The minimum absolute atomic E-state index is 0.0318. The van der Waals surface area contributed by atoms with Gasteiger partial charge in [0.25, 0.3) is 0 Å². The van der Waals surface area contributed by atoms with Crippen LogP contribution in [0.5, 0.6) is 0 Å². The molecule has 3 N–H and O–H groups in total. The number of hydrogen-bond acceptors (Lipinski definition) is 5. The van der Waals surface area contributed by atoms with E-state index < -0.39 is 9.84 Å². The van der Waals surface area contributed by atoms with Crippen LogP contribution in [0.3, 0.4) is 0 Å². The van der Waals surface area contributed by atoms with E-state index in [1.165, 1.54) is 4.68 Å². The number of nitrogens with one attached hydrogen (secondary N) is 1. The van der Waals surface area contributed by atoms with Gasteiger partial charge in [-0.2, -0.15) is 0 Å². The largest absolute Gasteiger partial charge is 0.382 e. The van der Waals surface area contributed by atoms with Crippen molar-refractivity contribution in [3.05, 3.63) is 28.8 Å². The van der Waals surface area contributed by atoms with Crippen molar-refractivity contribution >= 4 is 21.5 Å². The van der Waals surface area contributed by atoms with Crippen LogP contribution in [0.15, 0.2) is 17.0 Å². The van der Waals surface area contributed by atoms with E-state index in [2.05, 4.69) is 10.4 Å². The Labute approximate surface area is 124 Å². The molecular formula is C14H20N4O2S. The Morgan fingerprint density at radius 3 is 2.10 bits per heavy atom. The topological polar surface area (TPSA) is 90.0 Å². The van der Waals surface area contributed by atoms with Gasteiger partial charge in [0.2, 0.25) is 0 Å². The normalized spacial score (nSPS) is 11.7. The van der Waals surface area contributed by atoms with E-state index >= 15 is 0 Å². The first-order chi connectivity index (χ1) is 9.66. The Kier molecular flexibility index (Phi) is 3.71. The average molecular weight is 308 g/mol. The second-order valence-electron chi connectivity index (χ2n) is 5.24. The Morgan fingerprint density at radius 2 is 1.71 bits per heavy atom. The predicted octanol–water partition coefficient (Wildman–Crippen LogP) is 1.82. The molecule has 0 aliphatic heterocycles. The quantitative estimate of drug-likeness (QED) is 0.902. The number of aryl methyl sites for hydroxylation is 3. The van der Waals surface area contributed by atoms with Crippen molar-refractivity contribution in [2.75, 3.05) is 24.4 Å². The van der Waals surface area contributed by atoms with Crippen molar-refractivity contribution in [2.45, 2.75) is 25.7 Å². The van der Waals surface area contributed by atoms with Crippen LogP contribution in [0, 0.1) is 20.8 Å². The third kappa shape index (κ3) is 2.61. The minimum Gasteiger partial charge on any atom is -0.382 e. The minimum atomic E-state index is -3.47. The first kappa shape index (κ1) is 15.4. The number of nitrogens with zero attached hydrogens (tertiary/aromatic N) is 2. The summed E-state index contributed by atoms with van der Waals surface area (Å²) in [5.41, 5.74) is 9.98. The van der Waals surface area contributed by atoms with Crippen LogP contribution >= 0.6 is 0 Å². The van der Waals surface area contributed by atoms with E-state index in [4.69, 9.17) is 5.73 Å². The third-order valence-electron chi connectivity index (χ3n) is 3.33.